The Bertz CT molecular complexity index is 880. The van der Waals surface area contributed by atoms with E-state index in [1.807, 2.05) is 65.3 Å². The Morgan fingerprint density at radius 1 is 1.03 bits per heavy atom. The maximum absolute atomic E-state index is 13.4. The molecule has 2 aromatic carbocycles. The zero-order valence-corrected chi connectivity index (χ0v) is 19.9. The minimum atomic E-state index is -0.700. The van der Waals surface area contributed by atoms with Crippen LogP contribution in [0.25, 0.3) is 0 Å². The molecular weight excluding hydrogens is 414 g/mol. The quantitative estimate of drug-likeness (QED) is 0.581. The summed E-state index contributed by atoms with van der Waals surface area (Å²) in [7, 11) is 0. The topological polar surface area (TPSA) is 75.9 Å². The van der Waals surface area contributed by atoms with E-state index < -0.39 is 5.41 Å². The fourth-order valence-electron chi connectivity index (χ4n) is 4.67. The van der Waals surface area contributed by atoms with Gasteiger partial charge in [-0.05, 0) is 43.2 Å². The fourth-order valence-corrected chi connectivity index (χ4v) is 4.67. The van der Waals surface area contributed by atoms with Crippen LogP contribution in [0.15, 0.2) is 60.7 Å². The molecule has 1 atom stereocenters. The molecule has 2 N–H and O–H groups in total. The highest BCUT2D eigenvalue weighted by Crippen LogP contribution is 2.37. The summed E-state index contributed by atoms with van der Waals surface area (Å²) in [6, 6.07) is 20.2. The summed E-state index contributed by atoms with van der Waals surface area (Å²) in [5.74, 6) is 0.161. The molecule has 1 unspecified atom stereocenters. The number of carbonyl (C=O) groups is 2. The Kier molecular flexibility index (Phi) is 8.89. The molecule has 0 aliphatic carbocycles. The number of nitrogens with zero attached hydrogens (tertiary/aromatic N) is 2. The largest absolute Gasteiger partial charge is 0.465 e. The van der Waals surface area contributed by atoms with Gasteiger partial charge < -0.3 is 20.3 Å². The first kappa shape index (κ1) is 24.8. The predicted octanol–water partition coefficient (Wildman–Crippen LogP) is 4.16. The van der Waals surface area contributed by atoms with Gasteiger partial charge in [-0.25, -0.2) is 4.79 Å². The molecule has 1 fully saturated rings. The van der Waals surface area contributed by atoms with Crippen LogP contribution in [0.1, 0.15) is 50.2 Å². The maximum Gasteiger partial charge on any atom is 0.320 e. The van der Waals surface area contributed by atoms with Crippen LogP contribution in [0.5, 0.6) is 0 Å². The summed E-state index contributed by atoms with van der Waals surface area (Å²) in [4.78, 5) is 30.1. The Morgan fingerprint density at radius 3 is 2.21 bits per heavy atom. The number of ether oxygens (including phenoxy) is 1. The normalized spacial score (nSPS) is 16.2. The lowest BCUT2D eigenvalue weighted by Gasteiger charge is -2.41. The molecule has 0 saturated carbocycles. The number of nitrogens with two attached hydrogens (primary N) is 1. The summed E-state index contributed by atoms with van der Waals surface area (Å²) >= 11 is 0. The Morgan fingerprint density at radius 2 is 1.64 bits per heavy atom. The number of rotatable bonds is 9. The van der Waals surface area contributed by atoms with Gasteiger partial charge in [-0.3, -0.25) is 4.79 Å². The molecule has 1 aliphatic heterocycles. The number of piperidine rings is 1. The first-order chi connectivity index (χ1) is 16.0. The lowest BCUT2D eigenvalue weighted by molar-refractivity contribution is -0.152. The van der Waals surface area contributed by atoms with Crippen molar-refractivity contribution in [1.82, 2.24) is 9.80 Å². The fraction of sp³-hybridized carbons (Fsp3) is 0.481. The minimum absolute atomic E-state index is 0.00577. The van der Waals surface area contributed by atoms with Gasteiger partial charge in [0.25, 0.3) is 0 Å². The second-order valence-electron chi connectivity index (χ2n) is 8.81. The number of carbonyl (C=O) groups excluding carboxylic acids is 2. The molecule has 6 heteroatoms. The molecule has 3 rings (SSSR count). The highest BCUT2D eigenvalue weighted by Gasteiger charge is 2.45. The molecule has 0 spiro atoms. The molecular formula is C27H37N3O3. The van der Waals surface area contributed by atoms with Gasteiger partial charge in [0.1, 0.15) is 0 Å². The molecule has 1 heterocycles. The van der Waals surface area contributed by atoms with Gasteiger partial charge in [-0.1, -0.05) is 67.6 Å². The predicted molar refractivity (Wildman–Crippen MR) is 131 cm³/mol. The molecule has 0 aromatic heterocycles. The summed E-state index contributed by atoms with van der Waals surface area (Å²) in [5, 5.41) is 0. The number of hydrogen-bond acceptors (Lipinski definition) is 4. The van der Waals surface area contributed by atoms with Crippen LogP contribution >= 0.6 is 0 Å². The molecule has 2 aromatic rings. The number of esters is 1. The molecule has 33 heavy (non-hydrogen) atoms. The SMILES string of the molecule is CCOC(=O)C1(c2ccccc2)CCN(C(=O)N(CCN)CCC(C)c2ccccc2)CC1. The van der Waals surface area contributed by atoms with E-state index in [9.17, 15) is 9.59 Å². The van der Waals surface area contributed by atoms with E-state index in [1.165, 1.54) is 5.56 Å². The molecule has 1 aliphatic rings. The minimum Gasteiger partial charge on any atom is -0.465 e. The van der Waals surface area contributed by atoms with Crippen molar-refractivity contribution in [3.05, 3.63) is 71.8 Å². The number of likely N-dealkylation sites (tertiary alicyclic amines) is 1. The Labute approximate surface area is 197 Å². The van der Waals surface area contributed by atoms with Gasteiger partial charge >= 0.3 is 12.0 Å². The zero-order valence-electron chi connectivity index (χ0n) is 19.9. The van der Waals surface area contributed by atoms with E-state index >= 15 is 0 Å². The number of benzene rings is 2. The lowest BCUT2D eigenvalue weighted by atomic mass is 9.72. The van der Waals surface area contributed by atoms with Gasteiger partial charge in [-0.15, -0.1) is 0 Å². The third-order valence-electron chi connectivity index (χ3n) is 6.75. The van der Waals surface area contributed by atoms with Gasteiger partial charge in [-0.2, -0.15) is 0 Å². The number of urea groups is 1. The van der Waals surface area contributed by atoms with Crippen molar-refractivity contribution in [1.29, 1.82) is 0 Å². The maximum atomic E-state index is 13.4. The highest BCUT2D eigenvalue weighted by atomic mass is 16.5. The summed E-state index contributed by atoms with van der Waals surface area (Å²) in [6.45, 7) is 7.01. The van der Waals surface area contributed by atoms with Crippen LogP contribution in [0.3, 0.4) is 0 Å². The van der Waals surface area contributed by atoms with Crippen LogP contribution in [0, 0.1) is 0 Å². The standard InChI is InChI=1S/C27H37N3O3/c1-3-33-25(31)27(24-12-8-5-9-13-24)15-19-30(20-16-27)26(32)29(21-17-28)18-14-22(2)23-10-6-4-7-11-23/h4-13,22H,3,14-21,28H2,1-2H3. The second kappa shape index (κ2) is 11.8. The number of hydrogen-bond donors (Lipinski definition) is 1. The van der Waals surface area contributed by atoms with Gasteiger partial charge in [0.15, 0.2) is 0 Å². The van der Waals surface area contributed by atoms with E-state index in [2.05, 4.69) is 19.1 Å². The van der Waals surface area contributed by atoms with Crippen molar-refractivity contribution in [2.75, 3.05) is 39.3 Å². The molecule has 6 nitrogen and oxygen atoms in total. The molecule has 178 valence electrons. The van der Waals surface area contributed by atoms with Crippen LogP contribution in [-0.2, 0) is 14.9 Å². The van der Waals surface area contributed by atoms with E-state index in [0.717, 1.165) is 12.0 Å². The van der Waals surface area contributed by atoms with Crippen molar-refractivity contribution in [3.63, 3.8) is 0 Å². The third kappa shape index (κ3) is 5.93. The Balaban J connectivity index is 1.66. The zero-order chi connectivity index (χ0) is 23.7. The molecule has 0 radical (unpaired) electrons. The van der Waals surface area contributed by atoms with Crippen LogP contribution in [0.4, 0.5) is 4.79 Å². The van der Waals surface area contributed by atoms with Crippen LogP contribution in [-0.4, -0.2) is 61.1 Å². The highest BCUT2D eigenvalue weighted by molar-refractivity contribution is 5.84. The van der Waals surface area contributed by atoms with Gasteiger partial charge in [0.2, 0.25) is 0 Å². The lowest BCUT2D eigenvalue weighted by Crippen LogP contribution is -2.53. The van der Waals surface area contributed by atoms with E-state index in [0.29, 0.717) is 58.1 Å². The molecule has 2 amide bonds. The van der Waals surface area contributed by atoms with Crippen LogP contribution < -0.4 is 5.73 Å². The second-order valence-corrected chi connectivity index (χ2v) is 8.81. The van der Waals surface area contributed by atoms with Crippen molar-refractivity contribution in [2.45, 2.75) is 44.4 Å². The van der Waals surface area contributed by atoms with Gasteiger partial charge in [0.05, 0.1) is 12.0 Å². The molecule has 1 saturated heterocycles. The first-order valence-electron chi connectivity index (χ1n) is 12.0. The van der Waals surface area contributed by atoms with E-state index in [1.54, 1.807) is 0 Å². The first-order valence-corrected chi connectivity index (χ1v) is 12.0. The average Bonchev–Trinajstić information content (AvgIpc) is 2.87. The van der Waals surface area contributed by atoms with Crippen molar-refractivity contribution >= 4 is 12.0 Å². The molecule has 0 bridgehead atoms. The van der Waals surface area contributed by atoms with E-state index in [4.69, 9.17) is 10.5 Å². The van der Waals surface area contributed by atoms with Crippen molar-refractivity contribution in [3.8, 4) is 0 Å². The number of amides is 2. The third-order valence-corrected chi connectivity index (χ3v) is 6.75. The van der Waals surface area contributed by atoms with Crippen molar-refractivity contribution in [2.24, 2.45) is 5.73 Å². The summed E-state index contributed by atoms with van der Waals surface area (Å²) in [5.41, 5.74) is 7.37. The average molecular weight is 452 g/mol. The summed E-state index contributed by atoms with van der Waals surface area (Å²) < 4.78 is 5.46. The van der Waals surface area contributed by atoms with E-state index in [-0.39, 0.29) is 12.0 Å². The monoisotopic (exact) mass is 451 g/mol. The Hall–Kier alpha value is -2.86. The van der Waals surface area contributed by atoms with Crippen molar-refractivity contribution < 1.29 is 14.3 Å². The smallest absolute Gasteiger partial charge is 0.320 e. The van der Waals surface area contributed by atoms with Gasteiger partial charge in [0, 0.05) is 32.7 Å². The summed E-state index contributed by atoms with van der Waals surface area (Å²) in [6.07, 6.45) is 1.98. The van der Waals surface area contributed by atoms with Crippen LogP contribution in [0.2, 0.25) is 0 Å².